The van der Waals surface area contributed by atoms with Crippen LogP contribution in [0.3, 0.4) is 0 Å². The lowest BCUT2D eigenvalue weighted by Crippen LogP contribution is -2.49. The maximum atomic E-state index is 6.28. The van der Waals surface area contributed by atoms with Gasteiger partial charge in [-0.1, -0.05) is 12.8 Å². The van der Waals surface area contributed by atoms with Crippen molar-refractivity contribution >= 4 is 0 Å². The van der Waals surface area contributed by atoms with E-state index in [-0.39, 0.29) is 11.7 Å². The van der Waals surface area contributed by atoms with Gasteiger partial charge in [-0.15, -0.1) is 0 Å². The highest BCUT2D eigenvalue weighted by Gasteiger charge is 2.40. The summed E-state index contributed by atoms with van der Waals surface area (Å²) in [5.41, 5.74) is 0.0869. The van der Waals surface area contributed by atoms with Gasteiger partial charge in [0.1, 0.15) is 17.6 Å². The van der Waals surface area contributed by atoms with Crippen molar-refractivity contribution in [2.24, 2.45) is 0 Å². The van der Waals surface area contributed by atoms with Crippen LogP contribution in [0.5, 0.6) is 0 Å². The lowest BCUT2D eigenvalue weighted by Gasteiger charge is -2.38. The number of morpholine rings is 1. The molecular weight excluding hydrogens is 202 g/mol. The van der Waals surface area contributed by atoms with E-state index < -0.39 is 0 Å². The molecule has 1 spiro atoms. The molecule has 88 valence electrons. The van der Waals surface area contributed by atoms with Crippen LogP contribution in [0.4, 0.5) is 0 Å². The summed E-state index contributed by atoms with van der Waals surface area (Å²) in [7, 11) is 0. The average molecular weight is 221 g/mol. The maximum absolute atomic E-state index is 6.28. The van der Waals surface area contributed by atoms with Gasteiger partial charge in [0.15, 0.2) is 0 Å². The van der Waals surface area contributed by atoms with Crippen LogP contribution in [0, 0.1) is 6.92 Å². The molecular formula is C13H19NO2. The first-order valence-electron chi connectivity index (χ1n) is 6.22. The molecule has 1 aromatic rings. The molecule has 3 nitrogen and oxygen atoms in total. The molecule has 2 aliphatic rings. The molecule has 1 aromatic heterocycles. The van der Waals surface area contributed by atoms with E-state index in [2.05, 4.69) is 5.32 Å². The lowest BCUT2D eigenvalue weighted by atomic mass is 9.99. The second kappa shape index (κ2) is 3.90. The van der Waals surface area contributed by atoms with Crippen LogP contribution in [-0.4, -0.2) is 18.7 Å². The van der Waals surface area contributed by atoms with Gasteiger partial charge >= 0.3 is 0 Å². The van der Waals surface area contributed by atoms with Crippen LogP contribution < -0.4 is 5.32 Å². The Morgan fingerprint density at radius 3 is 2.81 bits per heavy atom. The Balaban J connectivity index is 1.77. The topological polar surface area (TPSA) is 34.4 Å². The molecule has 16 heavy (non-hydrogen) atoms. The summed E-state index contributed by atoms with van der Waals surface area (Å²) in [6, 6.07) is 4.05. The molecule has 1 unspecified atom stereocenters. The van der Waals surface area contributed by atoms with Crippen molar-refractivity contribution < 1.29 is 9.15 Å². The minimum atomic E-state index is 0.0869. The first-order chi connectivity index (χ1) is 7.77. The molecule has 0 amide bonds. The van der Waals surface area contributed by atoms with Crippen molar-refractivity contribution in [3.63, 3.8) is 0 Å². The van der Waals surface area contributed by atoms with Crippen LogP contribution >= 0.6 is 0 Å². The molecule has 1 N–H and O–H groups in total. The summed E-state index contributed by atoms with van der Waals surface area (Å²) in [4.78, 5) is 0. The Kier molecular flexibility index (Phi) is 2.52. The SMILES string of the molecule is Cc1ccc(C2CNCC3(CCCC3)O2)o1. The second-order valence-corrected chi connectivity index (χ2v) is 5.08. The molecule has 3 heteroatoms. The quantitative estimate of drug-likeness (QED) is 0.791. The van der Waals surface area contributed by atoms with Crippen LogP contribution in [0.25, 0.3) is 0 Å². The molecule has 2 heterocycles. The molecule has 2 fully saturated rings. The first-order valence-corrected chi connectivity index (χ1v) is 6.22. The summed E-state index contributed by atoms with van der Waals surface area (Å²) < 4.78 is 11.9. The van der Waals surface area contributed by atoms with E-state index in [4.69, 9.17) is 9.15 Å². The number of hydrogen-bond donors (Lipinski definition) is 1. The highest BCUT2D eigenvalue weighted by Crippen LogP contribution is 2.39. The molecule has 0 bridgehead atoms. The Bertz CT molecular complexity index is 366. The van der Waals surface area contributed by atoms with Crippen molar-refractivity contribution in [2.75, 3.05) is 13.1 Å². The van der Waals surface area contributed by atoms with Crippen molar-refractivity contribution in [1.29, 1.82) is 0 Å². The maximum Gasteiger partial charge on any atom is 0.134 e. The van der Waals surface area contributed by atoms with Gasteiger partial charge in [-0.25, -0.2) is 0 Å². The largest absolute Gasteiger partial charge is 0.464 e. The fourth-order valence-electron chi connectivity index (χ4n) is 2.92. The fraction of sp³-hybridized carbons (Fsp3) is 0.692. The van der Waals surface area contributed by atoms with Crippen molar-refractivity contribution in [1.82, 2.24) is 5.32 Å². The first kappa shape index (κ1) is 10.4. The van der Waals surface area contributed by atoms with Gasteiger partial charge in [0.05, 0.1) is 5.60 Å². The summed E-state index contributed by atoms with van der Waals surface area (Å²) in [6.07, 6.45) is 5.07. The lowest BCUT2D eigenvalue weighted by molar-refractivity contribution is -0.121. The molecule has 0 radical (unpaired) electrons. The number of furan rings is 1. The van der Waals surface area contributed by atoms with Gasteiger partial charge in [0, 0.05) is 13.1 Å². The van der Waals surface area contributed by atoms with Crippen LogP contribution in [0.15, 0.2) is 16.5 Å². The zero-order valence-corrected chi connectivity index (χ0v) is 9.79. The molecule has 1 aliphatic carbocycles. The standard InChI is InChI=1S/C13H19NO2/c1-10-4-5-11(15-10)12-8-14-9-13(16-12)6-2-3-7-13/h4-5,12,14H,2-3,6-9H2,1H3. The number of nitrogens with one attached hydrogen (secondary N) is 1. The minimum absolute atomic E-state index is 0.0869. The third kappa shape index (κ3) is 1.78. The molecule has 0 aromatic carbocycles. The van der Waals surface area contributed by atoms with E-state index in [0.717, 1.165) is 24.6 Å². The molecule has 1 saturated heterocycles. The van der Waals surface area contributed by atoms with Crippen LogP contribution in [-0.2, 0) is 4.74 Å². The highest BCUT2D eigenvalue weighted by molar-refractivity contribution is 5.10. The van der Waals surface area contributed by atoms with Gasteiger partial charge < -0.3 is 14.5 Å². The van der Waals surface area contributed by atoms with Crippen molar-refractivity contribution in [3.05, 3.63) is 23.7 Å². The van der Waals surface area contributed by atoms with Gasteiger partial charge in [-0.2, -0.15) is 0 Å². The van der Waals surface area contributed by atoms with E-state index in [1.807, 2.05) is 19.1 Å². The van der Waals surface area contributed by atoms with Gasteiger partial charge in [0.2, 0.25) is 0 Å². The predicted molar refractivity (Wildman–Crippen MR) is 61.3 cm³/mol. The van der Waals surface area contributed by atoms with Gasteiger partial charge in [-0.3, -0.25) is 0 Å². The third-order valence-electron chi connectivity index (χ3n) is 3.76. The van der Waals surface area contributed by atoms with Crippen molar-refractivity contribution in [3.8, 4) is 0 Å². The Morgan fingerprint density at radius 2 is 2.12 bits per heavy atom. The van der Waals surface area contributed by atoms with E-state index >= 15 is 0 Å². The zero-order valence-electron chi connectivity index (χ0n) is 9.79. The predicted octanol–water partition coefficient (Wildman–Crippen LogP) is 2.56. The summed E-state index contributed by atoms with van der Waals surface area (Å²) in [5.74, 6) is 1.93. The monoisotopic (exact) mass is 221 g/mol. The van der Waals surface area contributed by atoms with Gasteiger partial charge in [0.25, 0.3) is 0 Å². The number of ether oxygens (including phenoxy) is 1. The number of hydrogen-bond acceptors (Lipinski definition) is 3. The Morgan fingerprint density at radius 1 is 1.31 bits per heavy atom. The molecule has 1 atom stereocenters. The number of rotatable bonds is 1. The molecule has 1 aliphatic heterocycles. The van der Waals surface area contributed by atoms with Gasteiger partial charge in [-0.05, 0) is 31.9 Å². The summed E-state index contributed by atoms with van der Waals surface area (Å²) in [5, 5.41) is 3.49. The highest BCUT2D eigenvalue weighted by atomic mass is 16.5. The Hall–Kier alpha value is -0.800. The molecule has 3 rings (SSSR count). The van der Waals surface area contributed by atoms with E-state index in [0.29, 0.717) is 0 Å². The second-order valence-electron chi connectivity index (χ2n) is 5.08. The normalized spacial score (nSPS) is 28.7. The van der Waals surface area contributed by atoms with Crippen LogP contribution in [0.1, 0.15) is 43.3 Å². The molecule has 1 saturated carbocycles. The minimum Gasteiger partial charge on any atom is -0.464 e. The smallest absolute Gasteiger partial charge is 0.134 e. The van der Waals surface area contributed by atoms with Crippen molar-refractivity contribution in [2.45, 2.75) is 44.3 Å². The summed E-state index contributed by atoms with van der Waals surface area (Å²) >= 11 is 0. The number of aryl methyl sites for hydroxylation is 1. The third-order valence-corrected chi connectivity index (χ3v) is 3.76. The van der Waals surface area contributed by atoms with Crippen LogP contribution in [0.2, 0.25) is 0 Å². The fourth-order valence-corrected chi connectivity index (χ4v) is 2.92. The average Bonchev–Trinajstić information content (AvgIpc) is 2.89. The van der Waals surface area contributed by atoms with E-state index in [9.17, 15) is 0 Å². The Labute approximate surface area is 96.2 Å². The van der Waals surface area contributed by atoms with E-state index in [1.165, 1.54) is 25.7 Å². The zero-order chi connectivity index (χ0) is 11.0. The summed E-state index contributed by atoms with van der Waals surface area (Å²) in [6.45, 7) is 3.85. The van der Waals surface area contributed by atoms with E-state index in [1.54, 1.807) is 0 Å².